The molecule has 27 heavy (non-hydrogen) atoms. The van der Waals surface area contributed by atoms with E-state index in [0.717, 1.165) is 6.07 Å². The van der Waals surface area contributed by atoms with E-state index >= 15 is 0 Å². The maximum absolute atomic E-state index is 12.2. The number of ether oxygens (including phenoxy) is 1. The summed E-state index contributed by atoms with van der Waals surface area (Å²) in [4.78, 5) is 22.0. The van der Waals surface area contributed by atoms with Gasteiger partial charge in [0.1, 0.15) is 5.75 Å². The highest BCUT2D eigenvalue weighted by Gasteiger charge is 2.15. The molecule has 2 aromatic rings. The number of sulfonamides is 1. The number of nitrogens with one attached hydrogen (secondary N) is 2. The largest absolute Gasteiger partial charge is 0.497 e. The summed E-state index contributed by atoms with van der Waals surface area (Å²) in [5, 5.41) is 13.1. The molecule has 1 amide bonds. The SMILES string of the molecule is COc1ccc(S(=O)(=O)NCCC(=O)Nc2ccc([N+](=O)[O-])cc2Cl)cc1. The summed E-state index contributed by atoms with van der Waals surface area (Å²) < 4.78 is 31.6. The van der Waals surface area contributed by atoms with Crippen LogP contribution in [0.25, 0.3) is 0 Å². The van der Waals surface area contributed by atoms with E-state index in [1.54, 1.807) is 0 Å². The van der Waals surface area contributed by atoms with E-state index in [2.05, 4.69) is 10.0 Å². The van der Waals surface area contributed by atoms with Gasteiger partial charge in [0.05, 0.1) is 27.6 Å². The molecule has 0 aliphatic carbocycles. The second-order valence-electron chi connectivity index (χ2n) is 5.29. The van der Waals surface area contributed by atoms with E-state index in [9.17, 15) is 23.3 Å². The van der Waals surface area contributed by atoms with Gasteiger partial charge >= 0.3 is 0 Å². The highest BCUT2D eigenvalue weighted by Crippen LogP contribution is 2.26. The maximum atomic E-state index is 12.2. The van der Waals surface area contributed by atoms with Crippen LogP contribution >= 0.6 is 11.6 Å². The van der Waals surface area contributed by atoms with E-state index in [0.29, 0.717) is 5.75 Å². The van der Waals surface area contributed by atoms with Crippen molar-refractivity contribution in [2.24, 2.45) is 0 Å². The zero-order valence-electron chi connectivity index (χ0n) is 14.1. The monoisotopic (exact) mass is 413 g/mol. The molecular formula is C16H16ClN3O6S. The third kappa shape index (κ3) is 5.64. The normalized spacial score (nSPS) is 11.0. The fraction of sp³-hybridized carbons (Fsp3) is 0.188. The molecule has 2 N–H and O–H groups in total. The summed E-state index contributed by atoms with van der Waals surface area (Å²) in [6.07, 6.45) is -0.150. The van der Waals surface area contributed by atoms with E-state index in [-0.39, 0.29) is 34.3 Å². The molecule has 0 fully saturated rings. The first-order chi connectivity index (χ1) is 12.7. The summed E-state index contributed by atoms with van der Waals surface area (Å²) in [5.41, 5.74) is -0.00414. The van der Waals surface area contributed by atoms with Gasteiger partial charge in [0.2, 0.25) is 15.9 Å². The predicted octanol–water partition coefficient (Wildman–Crippen LogP) is 2.56. The molecule has 11 heteroatoms. The molecule has 0 saturated carbocycles. The fourth-order valence-corrected chi connectivity index (χ4v) is 3.32. The molecule has 2 aromatic carbocycles. The average molecular weight is 414 g/mol. The van der Waals surface area contributed by atoms with E-state index in [1.165, 1.54) is 43.5 Å². The first kappa shape index (κ1) is 20.6. The number of carbonyl (C=O) groups is 1. The Balaban J connectivity index is 1.90. The lowest BCUT2D eigenvalue weighted by Gasteiger charge is -2.09. The standard InChI is InChI=1S/C16H16ClN3O6S/c1-26-12-3-5-13(6-4-12)27(24,25)18-9-8-16(21)19-15-7-2-11(20(22)23)10-14(15)17/h2-7,10,18H,8-9H2,1H3,(H,19,21). The summed E-state index contributed by atoms with van der Waals surface area (Å²) in [6.45, 7) is -0.134. The van der Waals surface area contributed by atoms with Gasteiger partial charge in [0, 0.05) is 25.1 Å². The molecule has 9 nitrogen and oxygen atoms in total. The van der Waals surface area contributed by atoms with Gasteiger partial charge in [-0.2, -0.15) is 0 Å². The first-order valence-corrected chi connectivity index (χ1v) is 9.46. The smallest absolute Gasteiger partial charge is 0.271 e. The lowest BCUT2D eigenvalue weighted by atomic mass is 10.2. The van der Waals surface area contributed by atoms with Crippen LogP contribution in [0.2, 0.25) is 5.02 Å². The van der Waals surface area contributed by atoms with Crippen molar-refractivity contribution in [3.63, 3.8) is 0 Å². The molecule has 0 aliphatic heterocycles. The van der Waals surface area contributed by atoms with Crippen LogP contribution in [0.5, 0.6) is 5.75 Å². The molecule has 0 radical (unpaired) electrons. The molecule has 0 bridgehead atoms. The number of nitrogens with zero attached hydrogens (tertiary/aromatic N) is 1. The van der Waals surface area contributed by atoms with Crippen LogP contribution < -0.4 is 14.8 Å². The van der Waals surface area contributed by atoms with Gasteiger partial charge < -0.3 is 10.1 Å². The zero-order chi connectivity index (χ0) is 20.0. The Morgan fingerprint density at radius 3 is 2.44 bits per heavy atom. The van der Waals surface area contributed by atoms with Crippen molar-refractivity contribution in [3.8, 4) is 5.75 Å². The number of amides is 1. The van der Waals surface area contributed by atoms with Crippen molar-refractivity contribution in [3.05, 3.63) is 57.6 Å². The lowest BCUT2D eigenvalue weighted by Crippen LogP contribution is -2.27. The average Bonchev–Trinajstić information content (AvgIpc) is 2.63. The Morgan fingerprint density at radius 1 is 1.22 bits per heavy atom. The van der Waals surface area contributed by atoms with Crippen molar-refractivity contribution < 1.29 is 22.9 Å². The fourth-order valence-electron chi connectivity index (χ4n) is 2.07. The minimum atomic E-state index is -3.76. The number of non-ortho nitro benzene ring substituents is 1. The third-order valence-corrected chi connectivity index (χ3v) is 5.24. The van der Waals surface area contributed by atoms with Crippen LogP contribution in [0, 0.1) is 10.1 Å². The second-order valence-corrected chi connectivity index (χ2v) is 7.47. The Labute approximate surface area is 160 Å². The summed E-state index contributed by atoms with van der Waals surface area (Å²) in [6, 6.07) is 9.42. The van der Waals surface area contributed by atoms with Gasteiger partial charge in [0.15, 0.2) is 0 Å². The van der Waals surface area contributed by atoms with Crippen LogP contribution in [-0.4, -0.2) is 32.9 Å². The van der Waals surface area contributed by atoms with Crippen molar-refractivity contribution in [1.29, 1.82) is 0 Å². The number of benzene rings is 2. The van der Waals surface area contributed by atoms with Gasteiger partial charge in [-0.3, -0.25) is 14.9 Å². The number of anilines is 1. The number of carbonyl (C=O) groups excluding carboxylic acids is 1. The molecule has 144 valence electrons. The van der Waals surface area contributed by atoms with Crippen LogP contribution in [0.4, 0.5) is 11.4 Å². The molecule has 0 spiro atoms. The van der Waals surface area contributed by atoms with Crippen LogP contribution in [0.1, 0.15) is 6.42 Å². The Hall–Kier alpha value is -2.69. The molecule has 0 aromatic heterocycles. The molecule has 0 saturated heterocycles. The molecule has 0 heterocycles. The minimum Gasteiger partial charge on any atom is -0.497 e. The Kier molecular flexibility index (Phi) is 6.72. The zero-order valence-corrected chi connectivity index (χ0v) is 15.7. The lowest BCUT2D eigenvalue weighted by molar-refractivity contribution is -0.384. The number of rotatable bonds is 8. The highest BCUT2D eigenvalue weighted by atomic mass is 35.5. The molecule has 0 unspecified atom stereocenters. The maximum Gasteiger partial charge on any atom is 0.271 e. The van der Waals surface area contributed by atoms with E-state index < -0.39 is 20.9 Å². The summed E-state index contributed by atoms with van der Waals surface area (Å²) in [7, 11) is -2.29. The van der Waals surface area contributed by atoms with Gasteiger partial charge in [0.25, 0.3) is 5.69 Å². The molecular weight excluding hydrogens is 398 g/mol. The van der Waals surface area contributed by atoms with Crippen molar-refractivity contribution in [2.75, 3.05) is 19.0 Å². The summed E-state index contributed by atoms with van der Waals surface area (Å²) in [5.74, 6) is 0.0245. The van der Waals surface area contributed by atoms with Crippen LogP contribution in [0.3, 0.4) is 0 Å². The molecule has 0 aliphatic rings. The number of halogens is 1. The van der Waals surface area contributed by atoms with Crippen molar-refractivity contribution in [2.45, 2.75) is 11.3 Å². The first-order valence-electron chi connectivity index (χ1n) is 7.60. The van der Waals surface area contributed by atoms with Crippen molar-refractivity contribution >= 4 is 38.9 Å². The Bertz CT molecular complexity index is 947. The van der Waals surface area contributed by atoms with Gasteiger partial charge in [-0.25, -0.2) is 13.1 Å². The van der Waals surface area contributed by atoms with Crippen LogP contribution in [-0.2, 0) is 14.8 Å². The highest BCUT2D eigenvalue weighted by molar-refractivity contribution is 7.89. The third-order valence-electron chi connectivity index (χ3n) is 3.45. The predicted molar refractivity (Wildman–Crippen MR) is 99.5 cm³/mol. The number of nitro benzene ring substituents is 1. The topological polar surface area (TPSA) is 128 Å². The van der Waals surface area contributed by atoms with E-state index in [4.69, 9.17) is 16.3 Å². The molecule has 0 atom stereocenters. The van der Waals surface area contributed by atoms with Gasteiger partial charge in [-0.1, -0.05) is 11.6 Å². The second kappa shape index (κ2) is 8.80. The van der Waals surface area contributed by atoms with E-state index in [1.807, 2.05) is 0 Å². The molecule has 2 rings (SSSR count). The minimum absolute atomic E-state index is 0.0105. The quantitative estimate of drug-likeness (QED) is 0.505. The number of nitro groups is 1. The number of hydrogen-bond donors (Lipinski definition) is 2. The van der Waals surface area contributed by atoms with Crippen molar-refractivity contribution in [1.82, 2.24) is 4.72 Å². The van der Waals surface area contributed by atoms with Crippen LogP contribution in [0.15, 0.2) is 47.4 Å². The summed E-state index contributed by atoms with van der Waals surface area (Å²) >= 11 is 5.89. The Morgan fingerprint density at radius 2 is 1.89 bits per heavy atom. The van der Waals surface area contributed by atoms with Gasteiger partial charge in [-0.05, 0) is 30.3 Å². The number of hydrogen-bond acceptors (Lipinski definition) is 6. The number of methoxy groups -OCH3 is 1. The van der Waals surface area contributed by atoms with Gasteiger partial charge in [-0.15, -0.1) is 0 Å².